The largest absolute Gasteiger partial charge is 0.377 e. The van der Waals surface area contributed by atoms with Gasteiger partial charge in [-0.15, -0.1) is 0 Å². The first kappa shape index (κ1) is 13.7. The fourth-order valence-corrected chi connectivity index (χ4v) is 1.60. The fourth-order valence-electron chi connectivity index (χ4n) is 1.28. The van der Waals surface area contributed by atoms with Gasteiger partial charge in [0.1, 0.15) is 0 Å². The molecule has 1 aromatic rings. The van der Waals surface area contributed by atoms with Crippen LogP contribution in [-0.2, 0) is 11.3 Å². The van der Waals surface area contributed by atoms with Crippen molar-refractivity contribution in [2.24, 2.45) is 0 Å². The van der Waals surface area contributed by atoms with Crippen LogP contribution < -0.4 is 5.32 Å². The van der Waals surface area contributed by atoms with E-state index in [1.165, 1.54) is 0 Å². The van der Waals surface area contributed by atoms with E-state index in [0.29, 0.717) is 6.04 Å². The van der Waals surface area contributed by atoms with Crippen LogP contribution >= 0.6 is 15.9 Å². The van der Waals surface area contributed by atoms with Crippen molar-refractivity contribution in [1.82, 2.24) is 15.1 Å². The summed E-state index contributed by atoms with van der Waals surface area (Å²) >= 11 is 3.38. The van der Waals surface area contributed by atoms with Crippen molar-refractivity contribution in [1.29, 1.82) is 0 Å². The van der Waals surface area contributed by atoms with Crippen LogP contribution in [0.15, 0.2) is 16.9 Å². The van der Waals surface area contributed by atoms with E-state index in [1.807, 2.05) is 10.9 Å². The molecule has 1 unspecified atom stereocenters. The molecule has 0 aromatic carbocycles. The minimum atomic E-state index is -0.126. The molecule has 1 atom stereocenters. The number of ether oxygens (including phenoxy) is 1. The standard InChI is InChI=1S/C11H20BrN3O/c1-9(13-8-11(2,3)16-4)6-15-7-10(12)5-14-15/h5,7,9,13H,6,8H2,1-4H3. The maximum absolute atomic E-state index is 5.35. The molecule has 0 aliphatic heterocycles. The highest BCUT2D eigenvalue weighted by Crippen LogP contribution is 2.08. The lowest BCUT2D eigenvalue weighted by Crippen LogP contribution is -2.42. The van der Waals surface area contributed by atoms with Gasteiger partial charge in [-0.1, -0.05) is 0 Å². The summed E-state index contributed by atoms with van der Waals surface area (Å²) in [6.45, 7) is 7.95. The van der Waals surface area contributed by atoms with Crippen LogP contribution in [0.1, 0.15) is 20.8 Å². The van der Waals surface area contributed by atoms with Crippen LogP contribution in [0.4, 0.5) is 0 Å². The van der Waals surface area contributed by atoms with E-state index < -0.39 is 0 Å². The first-order valence-electron chi connectivity index (χ1n) is 5.39. The molecule has 0 saturated heterocycles. The average molecular weight is 290 g/mol. The van der Waals surface area contributed by atoms with Crippen molar-refractivity contribution in [3.63, 3.8) is 0 Å². The lowest BCUT2D eigenvalue weighted by molar-refractivity contribution is 0.0210. The van der Waals surface area contributed by atoms with Gasteiger partial charge in [0.05, 0.1) is 22.8 Å². The molecule has 0 bridgehead atoms. The Bertz CT molecular complexity index is 325. The minimum absolute atomic E-state index is 0.126. The molecule has 0 amide bonds. The zero-order valence-electron chi connectivity index (χ0n) is 10.3. The molecular formula is C11H20BrN3O. The maximum atomic E-state index is 5.35. The van der Waals surface area contributed by atoms with Crippen molar-refractivity contribution in [2.75, 3.05) is 13.7 Å². The van der Waals surface area contributed by atoms with Crippen molar-refractivity contribution in [2.45, 2.75) is 39.0 Å². The molecule has 0 aliphatic carbocycles. The summed E-state index contributed by atoms with van der Waals surface area (Å²) < 4.78 is 8.28. The van der Waals surface area contributed by atoms with Crippen molar-refractivity contribution in [3.8, 4) is 0 Å². The lowest BCUT2D eigenvalue weighted by atomic mass is 10.1. The number of hydrogen-bond donors (Lipinski definition) is 1. The second-order valence-electron chi connectivity index (χ2n) is 4.63. The molecule has 0 fully saturated rings. The fraction of sp³-hybridized carbons (Fsp3) is 0.727. The monoisotopic (exact) mass is 289 g/mol. The van der Waals surface area contributed by atoms with E-state index in [2.05, 4.69) is 47.1 Å². The third kappa shape index (κ3) is 4.63. The summed E-state index contributed by atoms with van der Waals surface area (Å²) in [5.74, 6) is 0. The second-order valence-corrected chi connectivity index (χ2v) is 5.54. The predicted molar refractivity (Wildman–Crippen MR) is 68.5 cm³/mol. The second kappa shape index (κ2) is 5.80. The molecule has 0 radical (unpaired) electrons. The molecule has 16 heavy (non-hydrogen) atoms. The smallest absolute Gasteiger partial charge is 0.0746 e. The molecule has 5 heteroatoms. The van der Waals surface area contributed by atoms with Gasteiger partial charge in [-0.3, -0.25) is 4.68 Å². The highest BCUT2D eigenvalue weighted by atomic mass is 79.9. The summed E-state index contributed by atoms with van der Waals surface area (Å²) in [4.78, 5) is 0. The van der Waals surface area contributed by atoms with Gasteiger partial charge in [0.25, 0.3) is 0 Å². The first-order chi connectivity index (χ1) is 7.43. The molecule has 1 heterocycles. The molecule has 92 valence electrons. The number of aromatic nitrogens is 2. The number of methoxy groups -OCH3 is 1. The zero-order chi connectivity index (χ0) is 12.2. The van der Waals surface area contributed by atoms with Crippen LogP contribution in [0.2, 0.25) is 0 Å². The van der Waals surface area contributed by atoms with Crippen LogP contribution in [0.3, 0.4) is 0 Å². The highest BCUT2D eigenvalue weighted by molar-refractivity contribution is 9.10. The van der Waals surface area contributed by atoms with E-state index in [9.17, 15) is 0 Å². The summed E-state index contributed by atoms with van der Waals surface area (Å²) in [6.07, 6.45) is 3.77. The van der Waals surface area contributed by atoms with Gasteiger partial charge in [0.2, 0.25) is 0 Å². The van der Waals surface area contributed by atoms with Crippen molar-refractivity contribution in [3.05, 3.63) is 16.9 Å². The Morgan fingerprint density at radius 2 is 2.31 bits per heavy atom. The van der Waals surface area contributed by atoms with Gasteiger partial charge in [0.15, 0.2) is 0 Å². The number of rotatable bonds is 6. The van der Waals surface area contributed by atoms with Crippen LogP contribution in [0.25, 0.3) is 0 Å². The summed E-state index contributed by atoms with van der Waals surface area (Å²) in [7, 11) is 1.73. The molecule has 0 saturated carbocycles. The number of nitrogens with zero attached hydrogens (tertiary/aromatic N) is 2. The highest BCUT2D eigenvalue weighted by Gasteiger charge is 2.17. The first-order valence-corrected chi connectivity index (χ1v) is 6.19. The zero-order valence-corrected chi connectivity index (χ0v) is 11.9. The van der Waals surface area contributed by atoms with E-state index >= 15 is 0 Å². The van der Waals surface area contributed by atoms with E-state index in [0.717, 1.165) is 17.6 Å². The Morgan fingerprint density at radius 3 is 2.81 bits per heavy atom. The SMILES string of the molecule is COC(C)(C)CNC(C)Cn1cc(Br)cn1. The van der Waals surface area contributed by atoms with Crippen molar-refractivity contribution >= 4 is 15.9 Å². The van der Waals surface area contributed by atoms with Gasteiger partial charge >= 0.3 is 0 Å². The van der Waals surface area contributed by atoms with E-state index in [1.54, 1.807) is 13.3 Å². The van der Waals surface area contributed by atoms with Crippen LogP contribution in [0.5, 0.6) is 0 Å². The van der Waals surface area contributed by atoms with Crippen LogP contribution in [-0.4, -0.2) is 35.1 Å². The Labute approximate surface area is 105 Å². The van der Waals surface area contributed by atoms with Gasteiger partial charge in [-0.2, -0.15) is 5.10 Å². The Balaban J connectivity index is 2.34. The Kier molecular flexibility index (Phi) is 4.95. The Morgan fingerprint density at radius 1 is 1.62 bits per heavy atom. The molecule has 1 aromatic heterocycles. The summed E-state index contributed by atoms with van der Waals surface area (Å²) in [5.41, 5.74) is -0.126. The van der Waals surface area contributed by atoms with E-state index in [-0.39, 0.29) is 5.60 Å². The predicted octanol–water partition coefficient (Wildman–Crippen LogP) is 2.05. The van der Waals surface area contributed by atoms with Crippen molar-refractivity contribution < 1.29 is 4.74 Å². The Hall–Kier alpha value is -0.390. The third-order valence-corrected chi connectivity index (χ3v) is 2.90. The molecular weight excluding hydrogens is 270 g/mol. The minimum Gasteiger partial charge on any atom is -0.377 e. The molecule has 4 nitrogen and oxygen atoms in total. The molecule has 0 spiro atoms. The number of hydrogen-bond acceptors (Lipinski definition) is 3. The lowest BCUT2D eigenvalue weighted by Gasteiger charge is -2.25. The third-order valence-electron chi connectivity index (χ3n) is 2.49. The summed E-state index contributed by atoms with van der Waals surface area (Å²) in [5, 5.41) is 7.65. The molecule has 1 N–H and O–H groups in total. The molecule has 0 aliphatic rings. The van der Waals surface area contributed by atoms with Gasteiger partial charge in [0, 0.05) is 25.9 Å². The maximum Gasteiger partial charge on any atom is 0.0746 e. The topological polar surface area (TPSA) is 39.1 Å². The van der Waals surface area contributed by atoms with Crippen LogP contribution in [0, 0.1) is 0 Å². The van der Waals surface area contributed by atoms with E-state index in [4.69, 9.17) is 4.74 Å². The van der Waals surface area contributed by atoms with Gasteiger partial charge < -0.3 is 10.1 Å². The average Bonchev–Trinajstić information content (AvgIpc) is 2.61. The van der Waals surface area contributed by atoms with Gasteiger partial charge in [-0.05, 0) is 36.7 Å². The molecule has 1 rings (SSSR count). The quantitative estimate of drug-likeness (QED) is 0.871. The number of nitrogens with one attached hydrogen (secondary N) is 1. The number of halogens is 1. The normalized spacial score (nSPS) is 14.1. The van der Waals surface area contributed by atoms with Gasteiger partial charge in [-0.25, -0.2) is 0 Å². The summed E-state index contributed by atoms with van der Waals surface area (Å²) in [6, 6.07) is 0.362.